The number of phenols is 2. The van der Waals surface area contributed by atoms with Crippen LogP contribution in [0.3, 0.4) is 0 Å². The molecular formula is C25H21Cl2CuN7O14S4+4. The van der Waals surface area contributed by atoms with E-state index < -0.39 is 104 Å². The first-order valence-corrected chi connectivity index (χ1v) is 19.9. The molecule has 1 aliphatic rings. The number of hydrogen-bond donors (Lipinski definition) is 11. The largest absolute Gasteiger partial charge is 0.582 e. The summed E-state index contributed by atoms with van der Waals surface area (Å²) < 4.78 is 134. The average molecular weight is 906 g/mol. The molecule has 0 bridgehead atoms. The van der Waals surface area contributed by atoms with Crippen molar-refractivity contribution in [2.45, 2.75) is 19.6 Å². The number of aromatic hydroxyl groups is 2. The number of halogens is 2. The van der Waals surface area contributed by atoms with Crippen LogP contribution < -0.4 is 25.6 Å². The molecule has 5 rings (SSSR count). The zero-order valence-electron chi connectivity index (χ0n) is 25.3. The van der Waals surface area contributed by atoms with E-state index in [9.17, 15) is 62.1 Å². The first-order chi connectivity index (χ1) is 23.9. The standard InChI is InChI=1S/C25H17Cl2N7O14S4.Cu/c26-15-7-14(51(43,44)45)9-17(21(15)35)33-34-20-18(52(46,47)48)5-10-4-13(50(40,41)42)8-16(19(10)22(20)36)29-25-31-23(27)30-24(32-25)28-11-2-1-3-12(6-11)49(37,38)39;/h1-9,35-36H,(H,37,38,39)(H,40,41,42)(H,43,44,45)(H,46,47,48)(H2,28,29,30,31,32);/p+4. The van der Waals surface area contributed by atoms with Crippen LogP contribution >= 0.6 is 23.2 Å². The van der Waals surface area contributed by atoms with Crippen molar-refractivity contribution in [3.8, 4) is 11.5 Å². The second-order valence-electron chi connectivity index (χ2n) is 10.3. The van der Waals surface area contributed by atoms with Crippen molar-refractivity contribution in [1.82, 2.24) is 0 Å². The quantitative estimate of drug-likeness (QED) is 0.0368. The Balaban J connectivity index is 0.00000627. The first kappa shape index (κ1) is 41.6. The van der Waals surface area contributed by atoms with Crippen LogP contribution in [0.25, 0.3) is 10.8 Å². The summed E-state index contributed by atoms with van der Waals surface area (Å²) in [6.07, 6.45) is 0. The maximum Gasteiger partial charge on any atom is 0.582 e. The third kappa shape index (κ3) is 9.51. The van der Waals surface area contributed by atoms with E-state index in [4.69, 9.17) is 23.2 Å². The molecule has 0 unspecified atom stereocenters. The normalized spacial score (nSPS) is 14.9. The van der Waals surface area contributed by atoms with Gasteiger partial charge in [0.2, 0.25) is 0 Å². The van der Waals surface area contributed by atoms with Crippen LogP contribution in [0.15, 0.2) is 84.4 Å². The van der Waals surface area contributed by atoms with Crippen LogP contribution in [0.4, 0.5) is 22.7 Å². The molecule has 0 aliphatic carbocycles. The Labute approximate surface area is 318 Å². The summed E-state index contributed by atoms with van der Waals surface area (Å²) in [5.41, 5.74) is -2.06. The molecule has 0 saturated carbocycles. The van der Waals surface area contributed by atoms with E-state index in [0.717, 1.165) is 24.3 Å². The van der Waals surface area contributed by atoms with Crippen LogP contribution in [0.1, 0.15) is 0 Å². The molecule has 0 atom stereocenters. The number of azo groups is 1. The van der Waals surface area contributed by atoms with Crippen molar-refractivity contribution in [3.05, 3.63) is 59.6 Å². The van der Waals surface area contributed by atoms with Gasteiger partial charge in [0, 0.05) is 40.8 Å². The molecule has 12 N–H and O–H groups in total. The van der Waals surface area contributed by atoms with Gasteiger partial charge in [-0.1, -0.05) is 22.7 Å². The van der Waals surface area contributed by atoms with E-state index in [1.54, 1.807) is 0 Å². The van der Waals surface area contributed by atoms with Crippen LogP contribution in [0.2, 0.25) is 5.02 Å². The smallest absolute Gasteiger partial charge is 0.505 e. The summed E-state index contributed by atoms with van der Waals surface area (Å²) >= 11 is 12.0. The number of quaternary nitrogens is 1. The summed E-state index contributed by atoms with van der Waals surface area (Å²) in [5.74, 6) is -2.15. The van der Waals surface area contributed by atoms with Crippen LogP contribution in [-0.4, -0.2) is 79.3 Å². The van der Waals surface area contributed by atoms with Gasteiger partial charge in [0.1, 0.15) is 16.3 Å². The van der Waals surface area contributed by atoms with Gasteiger partial charge in [-0.05, 0) is 46.8 Å². The maximum absolute atomic E-state index is 12.4. The predicted molar refractivity (Wildman–Crippen MR) is 178 cm³/mol. The second-order valence-corrected chi connectivity index (χ2v) is 16.8. The fraction of sp³-hybridized carbons (Fsp3) is 0. The van der Waals surface area contributed by atoms with Crippen LogP contribution in [0, 0.1) is 0 Å². The maximum atomic E-state index is 12.4. The van der Waals surface area contributed by atoms with Gasteiger partial charge in [-0.3, -0.25) is 18.2 Å². The third-order valence-corrected chi connectivity index (χ3v) is 10.6. The SMILES string of the molecule is O=S(=O)(O)c1cccc(NC2=[NH+]C(=[NH+]c3cc(S(=O)(=O)O)cc4cc(S(=O)(=O)O)c(N=Nc5cc(S(=O)(=O)O)cc(Cl)c5O)c(O)c34)[NH2+]C(Cl)=[NH+]2)c1.[Cu]. The van der Waals surface area contributed by atoms with Crippen molar-refractivity contribution >= 4 is 114 Å². The van der Waals surface area contributed by atoms with Gasteiger partial charge in [0.25, 0.3) is 40.5 Å². The Bertz CT molecular complexity index is 2800. The minimum atomic E-state index is -5.33. The molecule has 1 aliphatic heterocycles. The molecule has 1 heterocycles. The van der Waals surface area contributed by atoms with Crippen LogP contribution in [-0.2, 0) is 57.5 Å². The van der Waals surface area contributed by atoms with Crippen molar-refractivity contribution < 1.29 is 99.5 Å². The number of guanidine groups is 2. The van der Waals surface area contributed by atoms with E-state index in [1.165, 1.54) is 17.4 Å². The van der Waals surface area contributed by atoms with E-state index in [1.807, 2.05) is 0 Å². The Morgan fingerprint density at radius 1 is 0.717 bits per heavy atom. The molecule has 28 heteroatoms. The third-order valence-electron chi connectivity index (χ3n) is 6.72. The topological polar surface area (TPSA) is 353 Å². The molecule has 4 aromatic rings. The number of anilines is 1. The number of benzene rings is 4. The second kappa shape index (κ2) is 14.9. The van der Waals surface area contributed by atoms with Gasteiger partial charge in [-0.2, -0.15) is 33.7 Å². The molecule has 53 heavy (non-hydrogen) atoms. The number of nitrogens with zero attached hydrogens (tertiary/aromatic N) is 2. The van der Waals surface area contributed by atoms with Gasteiger partial charge in [-0.15, -0.1) is 25.9 Å². The molecule has 0 saturated heterocycles. The zero-order chi connectivity index (χ0) is 38.6. The summed E-state index contributed by atoms with van der Waals surface area (Å²) in [6.45, 7) is 0. The van der Waals surface area contributed by atoms with E-state index >= 15 is 0 Å². The fourth-order valence-electron chi connectivity index (χ4n) is 4.53. The summed E-state index contributed by atoms with van der Waals surface area (Å²) in [4.78, 5) is 4.78. The molecule has 0 spiro atoms. The number of nitrogens with two attached hydrogens (primary N) is 1. The monoisotopic (exact) mass is 904 g/mol. The Hall–Kier alpha value is -4.15. The molecule has 0 aromatic heterocycles. The zero-order valence-corrected chi connectivity index (χ0v) is 31.0. The summed E-state index contributed by atoms with van der Waals surface area (Å²) in [7, 11) is -19.9. The van der Waals surface area contributed by atoms with Gasteiger partial charge in [0.05, 0.1) is 25.1 Å². The van der Waals surface area contributed by atoms with E-state index in [0.29, 0.717) is 18.2 Å². The fourth-order valence-corrected chi connectivity index (χ4v) is 7.26. The molecule has 0 fully saturated rings. The molecule has 1 radical (unpaired) electrons. The van der Waals surface area contributed by atoms with Gasteiger partial charge in [-0.25, -0.2) is 0 Å². The number of amidine groups is 1. The van der Waals surface area contributed by atoms with Crippen LogP contribution in [0.5, 0.6) is 11.5 Å². The summed E-state index contributed by atoms with van der Waals surface area (Å²) in [5, 5.41) is 31.2. The number of phenolic OH excluding ortho intramolecular Hbond substituents is 2. The van der Waals surface area contributed by atoms with E-state index in [2.05, 4.69) is 30.5 Å². The summed E-state index contributed by atoms with van der Waals surface area (Å²) in [6, 6.07) is 8.34. The van der Waals surface area contributed by atoms with Gasteiger partial charge >= 0.3 is 17.2 Å². The molecule has 4 aromatic carbocycles. The molecule has 285 valence electrons. The van der Waals surface area contributed by atoms with E-state index in [-0.39, 0.29) is 40.0 Å². The number of fused-ring (bicyclic) bond motifs is 1. The number of nitrogens with one attached hydrogen (secondary N) is 4. The molecular weight excluding hydrogens is 885 g/mol. The first-order valence-electron chi connectivity index (χ1n) is 13.4. The number of hydrogen-bond acceptors (Lipinski definition) is 13. The Morgan fingerprint density at radius 3 is 1.94 bits per heavy atom. The van der Waals surface area contributed by atoms with Gasteiger partial charge < -0.3 is 10.2 Å². The average Bonchev–Trinajstić information content (AvgIpc) is 3.00. The minimum absolute atomic E-state index is 0. The Kier molecular flexibility index (Phi) is 11.7. The predicted octanol–water partition coefficient (Wildman–Crippen LogP) is -2.83. The minimum Gasteiger partial charge on any atom is -0.505 e. The molecule has 0 amide bonds. The van der Waals surface area contributed by atoms with Gasteiger partial charge in [0.15, 0.2) is 22.9 Å². The molecule has 21 nitrogen and oxygen atoms in total. The van der Waals surface area contributed by atoms with Crippen molar-refractivity contribution in [2.24, 2.45) is 10.2 Å². The number of rotatable bonds is 8. The van der Waals surface area contributed by atoms with Crippen molar-refractivity contribution in [3.63, 3.8) is 0 Å². The van der Waals surface area contributed by atoms with Crippen molar-refractivity contribution in [1.29, 1.82) is 0 Å². The Morgan fingerprint density at radius 2 is 1.34 bits per heavy atom. The van der Waals surface area contributed by atoms with Crippen molar-refractivity contribution in [2.75, 3.05) is 5.32 Å².